The second-order valence-electron chi connectivity index (χ2n) is 5.50. The van der Waals surface area contributed by atoms with E-state index in [-0.39, 0.29) is 18.4 Å². The number of rotatable bonds is 3. The molecular formula is C15H18N6O. The number of carbonyl (C=O) groups is 1. The molecule has 0 unspecified atom stereocenters. The summed E-state index contributed by atoms with van der Waals surface area (Å²) in [5, 5.41) is 0. The highest BCUT2D eigenvalue weighted by molar-refractivity contribution is 5.87. The van der Waals surface area contributed by atoms with Gasteiger partial charge in [0.15, 0.2) is 11.5 Å². The van der Waals surface area contributed by atoms with Gasteiger partial charge in [0.25, 0.3) is 0 Å². The quantitative estimate of drug-likeness (QED) is 0.842. The third kappa shape index (κ3) is 2.72. The predicted octanol–water partition coefficient (Wildman–Crippen LogP) is 0.661. The molecule has 3 rings (SSSR count). The van der Waals surface area contributed by atoms with Crippen molar-refractivity contribution in [3.8, 4) is 12.3 Å². The topological polar surface area (TPSA) is 78.0 Å². The lowest BCUT2D eigenvalue weighted by atomic mass is 9.99. The van der Waals surface area contributed by atoms with Crippen LogP contribution in [0, 0.1) is 18.3 Å². The fourth-order valence-electron chi connectivity index (χ4n) is 2.76. The van der Waals surface area contributed by atoms with Gasteiger partial charge in [-0.25, -0.2) is 15.0 Å². The van der Waals surface area contributed by atoms with Crippen LogP contribution >= 0.6 is 0 Å². The Hall–Kier alpha value is -2.62. The number of aromatic amines is 1. The Morgan fingerprint density at radius 1 is 1.55 bits per heavy atom. The van der Waals surface area contributed by atoms with Crippen molar-refractivity contribution in [2.24, 2.45) is 5.92 Å². The van der Waals surface area contributed by atoms with Crippen LogP contribution in [-0.2, 0) is 4.79 Å². The number of aromatic nitrogens is 4. The summed E-state index contributed by atoms with van der Waals surface area (Å²) in [5.74, 6) is 3.65. The number of hydrogen-bond acceptors (Lipinski definition) is 5. The minimum absolute atomic E-state index is 0.0636. The molecule has 0 spiro atoms. The number of likely N-dealkylation sites (tertiary alicyclic amines) is 1. The average molecular weight is 298 g/mol. The molecular weight excluding hydrogens is 280 g/mol. The van der Waals surface area contributed by atoms with Crippen molar-refractivity contribution in [1.29, 1.82) is 0 Å². The summed E-state index contributed by atoms with van der Waals surface area (Å²) in [6.45, 7) is 1.67. The molecule has 22 heavy (non-hydrogen) atoms. The summed E-state index contributed by atoms with van der Waals surface area (Å²) in [5.41, 5.74) is 1.33. The van der Waals surface area contributed by atoms with Crippen molar-refractivity contribution >= 4 is 22.9 Å². The summed E-state index contributed by atoms with van der Waals surface area (Å²) in [7, 11) is 1.84. The number of amides is 1. The van der Waals surface area contributed by atoms with Crippen molar-refractivity contribution in [2.45, 2.75) is 12.8 Å². The van der Waals surface area contributed by atoms with Gasteiger partial charge in [-0.2, -0.15) is 0 Å². The molecule has 1 aliphatic heterocycles. The van der Waals surface area contributed by atoms with Crippen LogP contribution in [0.15, 0.2) is 12.7 Å². The molecule has 0 aliphatic carbocycles. The lowest BCUT2D eigenvalue weighted by Crippen LogP contribution is -2.44. The third-order valence-electron chi connectivity index (χ3n) is 3.95. The molecule has 1 saturated heterocycles. The van der Waals surface area contributed by atoms with Gasteiger partial charge < -0.3 is 14.8 Å². The molecule has 0 aromatic carbocycles. The van der Waals surface area contributed by atoms with Crippen LogP contribution in [0.25, 0.3) is 11.2 Å². The largest absolute Gasteiger partial charge is 0.348 e. The summed E-state index contributed by atoms with van der Waals surface area (Å²) in [6.07, 6.45) is 10.5. The molecule has 7 heteroatoms. The highest BCUT2D eigenvalue weighted by Gasteiger charge is 2.24. The lowest BCUT2D eigenvalue weighted by Gasteiger charge is -2.31. The lowest BCUT2D eigenvalue weighted by molar-refractivity contribution is -0.131. The SMILES string of the molecule is C#C[C@@H]1CCCN(C(=O)CN(C)c2ncnc3nc[nH]c23)C1. The number of carbonyl (C=O) groups excluding carboxylic acids is 1. The molecule has 1 fully saturated rings. The van der Waals surface area contributed by atoms with E-state index in [9.17, 15) is 4.79 Å². The third-order valence-corrected chi connectivity index (χ3v) is 3.95. The van der Waals surface area contributed by atoms with Gasteiger partial charge in [0.2, 0.25) is 5.91 Å². The maximum absolute atomic E-state index is 12.5. The first-order valence-corrected chi connectivity index (χ1v) is 7.28. The first kappa shape index (κ1) is 14.3. The van der Waals surface area contributed by atoms with Crippen molar-refractivity contribution in [3.05, 3.63) is 12.7 Å². The van der Waals surface area contributed by atoms with Crippen LogP contribution in [0.5, 0.6) is 0 Å². The summed E-state index contributed by atoms with van der Waals surface area (Å²) in [4.78, 5) is 31.6. The van der Waals surface area contributed by atoms with Crippen LogP contribution in [0.3, 0.4) is 0 Å². The first-order valence-electron chi connectivity index (χ1n) is 7.28. The minimum Gasteiger partial charge on any atom is -0.348 e. The number of hydrogen-bond donors (Lipinski definition) is 1. The van der Waals surface area contributed by atoms with Crippen LogP contribution < -0.4 is 4.90 Å². The standard InChI is InChI=1S/C15H18N6O/c1-3-11-5-4-6-21(7-11)12(22)8-20(2)15-13-14(17-9-16-13)18-10-19-15/h1,9-11H,4-8H2,2H3,(H,16,17,18,19)/t11-/m1/s1. The predicted molar refractivity (Wildman–Crippen MR) is 83.1 cm³/mol. The Morgan fingerprint density at radius 2 is 2.41 bits per heavy atom. The zero-order valence-electron chi connectivity index (χ0n) is 12.5. The second-order valence-corrected chi connectivity index (χ2v) is 5.50. The minimum atomic E-state index is 0.0636. The monoisotopic (exact) mass is 298 g/mol. The van der Waals surface area contributed by atoms with E-state index in [1.165, 1.54) is 6.33 Å². The van der Waals surface area contributed by atoms with Crippen LogP contribution in [-0.4, -0.2) is 57.4 Å². The van der Waals surface area contributed by atoms with Gasteiger partial charge >= 0.3 is 0 Å². The van der Waals surface area contributed by atoms with E-state index in [0.29, 0.717) is 18.0 Å². The Morgan fingerprint density at radius 3 is 3.23 bits per heavy atom. The molecule has 7 nitrogen and oxygen atoms in total. The molecule has 0 bridgehead atoms. The van der Waals surface area contributed by atoms with Gasteiger partial charge in [0.05, 0.1) is 12.9 Å². The molecule has 1 amide bonds. The number of nitrogens with one attached hydrogen (secondary N) is 1. The average Bonchev–Trinajstić information content (AvgIpc) is 3.03. The van der Waals surface area contributed by atoms with E-state index < -0.39 is 0 Å². The van der Waals surface area contributed by atoms with Gasteiger partial charge in [0, 0.05) is 26.1 Å². The Bertz CT molecular complexity index is 718. The number of nitrogens with zero attached hydrogens (tertiary/aromatic N) is 5. The number of imidazole rings is 1. The molecule has 2 aromatic rings. The smallest absolute Gasteiger partial charge is 0.242 e. The van der Waals surface area contributed by atoms with E-state index in [1.807, 2.05) is 16.8 Å². The van der Waals surface area contributed by atoms with E-state index in [4.69, 9.17) is 6.42 Å². The fraction of sp³-hybridized carbons (Fsp3) is 0.467. The molecule has 2 aromatic heterocycles. The number of fused-ring (bicyclic) bond motifs is 1. The van der Waals surface area contributed by atoms with E-state index in [2.05, 4.69) is 25.9 Å². The van der Waals surface area contributed by atoms with Crippen molar-refractivity contribution in [1.82, 2.24) is 24.8 Å². The maximum atomic E-state index is 12.5. The zero-order chi connectivity index (χ0) is 15.5. The van der Waals surface area contributed by atoms with Gasteiger partial charge in [0.1, 0.15) is 11.8 Å². The molecule has 1 atom stereocenters. The molecule has 114 valence electrons. The van der Waals surface area contributed by atoms with E-state index >= 15 is 0 Å². The number of piperidine rings is 1. The molecule has 3 heterocycles. The molecule has 0 saturated carbocycles. The Balaban J connectivity index is 1.71. The van der Waals surface area contributed by atoms with Gasteiger partial charge in [-0.3, -0.25) is 4.79 Å². The summed E-state index contributed by atoms with van der Waals surface area (Å²) >= 11 is 0. The zero-order valence-corrected chi connectivity index (χ0v) is 12.5. The second kappa shape index (κ2) is 6.02. The normalized spacial score (nSPS) is 18.2. The van der Waals surface area contributed by atoms with Crippen LogP contribution in [0.2, 0.25) is 0 Å². The number of likely N-dealkylation sites (N-methyl/N-ethyl adjacent to an activating group) is 1. The van der Waals surface area contributed by atoms with Gasteiger partial charge in [-0.1, -0.05) is 0 Å². The summed E-state index contributed by atoms with van der Waals surface area (Å²) < 4.78 is 0. The fourth-order valence-corrected chi connectivity index (χ4v) is 2.76. The highest BCUT2D eigenvalue weighted by Crippen LogP contribution is 2.19. The first-order chi connectivity index (χ1) is 10.7. The van der Waals surface area contributed by atoms with Crippen LogP contribution in [0.4, 0.5) is 5.82 Å². The maximum Gasteiger partial charge on any atom is 0.242 e. The van der Waals surface area contributed by atoms with Crippen molar-refractivity contribution in [3.63, 3.8) is 0 Å². The highest BCUT2D eigenvalue weighted by atomic mass is 16.2. The van der Waals surface area contributed by atoms with Crippen LogP contribution in [0.1, 0.15) is 12.8 Å². The number of terminal acetylenes is 1. The molecule has 1 N–H and O–H groups in total. The Kier molecular flexibility index (Phi) is 3.92. The van der Waals surface area contributed by atoms with Gasteiger partial charge in [-0.05, 0) is 12.8 Å². The van der Waals surface area contributed by atoms with Gasteiger partial charge in [-0.15, -0.1) is 12.3 Å². The number of anilines is 1. The van der Waals surface area contributed by atoms with E-state index in [1.54, 1.807) is 6.33 Å². The molecule has 1 aliphatic rings. The summed E-state index contributed by atoms with van der Waals surface area (Å²) in [6, 6.07) is 0. The Labute approximate surface area is 128 Å². The van der Waals surface area contributed by atoms with Crippen molar-refractivity contribution < 1.29 is 4.79 Å². The van der Waals surface area contributed by atoms with Crippen molar-refractivity contribution in [2.75, 3.05) is 31.6 Å². The molecule has 0 radical (unpaired) electrons. The number of H-pyrrole nitrogens is 1. The van der Waals surface area contributed by atoms with E-state index in [0.717, 1.165) is 24.9 Å².